The Labute approximate surface area is 61.1 Å². The maximum atomic E-state index is 4.85. The van der Waals surface area contributed by atoms with Crippen molar-refractivity contribution >= 4 is 35.3 Å². The first-order valence-electron chi connectivity index (χ1n) is 2.05. The molecule has 0 radical (unpaired) electrons. The highest BCUT2D eigenvalue weighted by molar-refractivity contribution is 8.00. The molecule has 0 spiro atoms. The summed E-state index contributed by atoms with van der Waals surface area (Å²) < 4.78 is 2.10. The lowest BCUT2D eigenvalue weighted by Crippen LogP contribution is -1.51. The van der Waals surface area contributed by atoms with Crippen LogP contribution in [0, 0.1) is 3.95 Å². The zero-order valence-corrected chi connectivity index (χ0v) is 6.75. The van der Waals surface area contributed by atoms with Gasteiger partial charge in [0.2, 0.25) is 0 Å². The van der Waals surface area contributed by atoms with Crippen LogP contribution in [0.5, 0.6) is 0 Å². The molecule has 0 fully saturated rings. The Kier molecular flexibility index (Phi) is 2.10. The van der Waals surface area contributed by atoms with Crippen molar-refractivity contribution in [2.24, 2.45) is 0 Å². The summed E-state index contributed by atoms with van der Waals surface area (Å²) in [6, 6.07) is 0. The summed E-state index contributed by atoms with van der Waals surface area (Å²) in [5, 5.41) is 0. The Hall–Kier alpha value is 0.200. The molecule has 1 aromatic rings. The fourth-order valence-electron chi connectivity index (χ4n) is 0.369. The van der Waals surface area contributed by atoms with Crippen molar-refractivity contribution in [1.82, 2.24) is 4.98 Å². The predicted molar refractivity (Wildman–Crippen MR) is 41.3 cm³/mol. The Morgan fingerprint density at radius 3 is 2.88 bits per heavy atom. The van der Waals surface area contributed by atoms with Crippen LogP contribution < -0.4 is 0 Å². The predicted octanol–water partition coefficient (Wildman–Crippen LogP) is 2.53. The van der Waals surface area contributed by atoms with Crippen LogP contribution in [0.4, 0.5) is 0 Å². The van der Waals surface area contributed by atoms with Crippen molar-refractivity contribution in [3.05, 3.63) is 10.2 Å². The van der Waals surface area contributed by atoms with Crippen LogP contribution in [-0.2, 0) is 0 Å². The number of nitrogens with one attached hydrogen (secondary N) is 1. The summed E-state index contributed by atoms with van der Waals surface area (Å²) in [5.74, 6) is 0. The first kappa shape index (κ1) is 6.32. The largest absolute Gasteiger partial charge is 0.343 e. The van der Waals surface area contributed by atoms with Crippen LogP contribution >= 0.6 is 35.3 Å². The van der Waals surface area contributed by atoms with Crippen LogP contribution in [0.3, 0.4) is 0 Å². The average molecular weight is 163 g/mol. The van der Waals surface area contributed by atoms with Crippen molar-refractivity contribution in [1.29, 1.82) is 0 Å². The van der Waals surface area contributed by atoms with Gasteiger partial charge in [0, 0.05) is 6.20 Å². The summed E-state index contributed by atoms with van der Waals surface area (Å²) in [7, 11) is 0. The molecule has 0 aliphatic carbocycles. The molecule has 1 N–H and O–H groups in total. The minimum atomic E-state index is 0.856. The third-order valence-electron chi connectivity index (χ3n) is 0.702. The summed E-state index contributed by atoms with van der Waals surface area (Å²) in [6.45, 7) is 0. The Morgan fingerprint density at radius 1 is 1.88 bits per heavy atom. The van der Waals surface area contributed by atoms with E-state index in [1.54, 1.807) is 23.1 Å². The SMILES string of the molecule is CSc1c[nH]c(=S)s1. The highest BCUT2D eigenvalue weighted by Crippen LogP contribution is 2.19. The smallest absolute Gasteiger partial charge is 0.159 e. The maximum Gasteiger partial charge on any atom is 0.159 e. The third kappa shape index (κ3) is 1.34. The van der Waals surface area contributed by atoms with Gasteiger partial charge in [0.05, 0.1) is 4.21 Å². The van der Waals surface area contributed by atoms with Gasteiger partial charge in [0.25, 0.3) is 0 Å². The van der Waals surface area contributed by atoms with Gasteiger partial charge >= 0.3 is 0 Å². The van der Waals surface area contributed by atoms with E-state index in [9.17, 15) is 0 Å². The van der Waals surface area contributed by atoms with Crippen molar-refractivity contribution in [2.45, 2.75) is 4.21 Å². The molecule has 0 atom stereocenters. The van der Waals surface area contributed by atoms with Gasteiger partial charge in [-0.05, 0) is 18.5 Å². The van der Waals surface area contributed by atoms with Crippen LogP contribution in [0.1, 0.15) is 0 Å². The number of hydrogen-bond donors (Lipinski definition) is 1. The molecular formula is C4H5NS3. The Bertz CT molecular complexity index is 211. The van der Waals surface area contributed by atoms with E-state index in [2.05, 4.69) is 4.98 Å². The Morgan fingerprint density at radius 2 is 2.62 bits per heavy atom. The van der Waals surface area contributed by atoms with E-state index in [1.807, 2.05) is 12.5 Å². The first-order valence-corrected chi connectivity index (χ1v) is 4.50. The number of thiazole rings is 1. The molecule has 0 aliphatic rings. The molecule has 0 aliphatic heterocycles. The average Bonchev–Trinajstić information content (AvgIpc) is 2.14. The van der Waals surface area contributed by atoms with E-state index in [0.717, 1.165) is 3.95 Å². The second kappa shape index (κ2) is 2.66. The van der Waals surface area contributed by atoms with E-state index in [-0.39, 0.29) is 0 Å². The third-order valence-corrected chi connectivity index (χ3v) is 2.96. The lowest BCUT2D eigenvalue weighted by atomic mass is 11.0. The van der Waals surface area contributed by atoms with Gasteiger partial charge in [0.15, 0.2) is 3.95 Å². The molecule has 0 unspecified atom stereocenters. The van der Waals surface area contributed by atoms with Crippen molar-refractivity contribution in [2.75, 3.05) is 6.26 Å². The first-order chi connectivity index (χ1) is 3.83. The van der Waals surface area contributed by atoms with Crippen LogP contribution in [0.15, 0.2) is 10.4 Å². The minimum Gasteiger partial charge on any atom is -0.343 e. The van der Waals surface area contributed by atoms with E-state index in [1.165, 1.54) is 4.21 Å². The van der Waals surface area contributed by atoms with Gasteiger partial charge in [-0.15, -0.1) is 11.8 Å². The molecular weight excluding hydrogens is 158 g/mol. The molecule has 4 heteroatoms. The monoisotopic (exact) mass is 163 g/mol. The quantitative estimate of drug-likeness (QED) is 0.506. The number of hydrogen-bond acceptors (Lipinski definition) is 3. The minimum absolute atomic E-state index is 0.856. The molecule has 1 aromatic heterocycles. The van der Waals surface area contributed by atoms with Gasteiger partial charge in [-0.1, -0.05) is 11.3 Å². The number of thioether (sulfide) groups is 1. The summed E-state index contributed by atoms with van der Waals surface area (Å²) >= 11 is 8.17. The normalized spacial score (nSPS) is 9.62. The van der Waals surface area contributed by atoms with Crippen LogP contribution in [0.2, 0.25) is 0 Å². The number of aromatic nitrogens is 1. The van der Waals surface area contributed by atoms with E-state index in [4.69, 9.17) is 12.2 Å². The van der Waals surface area contributed by atoms with Gasteiger partial charge in [-0.2, -0.15) is 0 Å². The maximum absolute atomic E-state index is 4.85. The fourth-order valence-corrected chi connectivity index (χ4v) is 2.03. The van der Waals surface area contributed by atoms with Crippen molar-refractivity contribution in [3.63, 3.8) is 0 Å². The van der Waals surface area contributed by atoms with E-state index in [0.29, 0.717) is 0 Å². The summed E-state index contributed by atoms with van der Waals surface area (Å²) in [5.41, 5.74) is 0. The zero-order chi connectivity index (χ0) is 5.98. The van der Waals surface area contributed by atoms with Crippen LogP contribution in [-0.4, -0.2) is 11.2 Å². The Balaban J connectivity index is 3.01. The number of H-pyrrole nitrogens is 1. The molecule has 1 heterocycles. The van der Waals surface area contributed by atoms with Gasteiger partial charge in [0.1, 0.15) is 0 Å². The number of aromatic amines is 1. The molecule has 0 aromatic carbocycles. The molecule has 0 bridgehead atoms. The molecule has 0 amide bonds. The van der Waals surface area contributed by atoms with Gasteiger partial charge in [-0.3, -0.25) is 0 Å². The molecule has 8 heavy (non-hydrogen) atoms. The molecule has 44 valence electrons. The second-order valence-electron chi connectivity index (χ2n) is 1.20. The number of rotatable bonds is 1. The second-order valence-corrected chi connectivity index (χ2v) is 4.03. The van der Waals surface area contributed by atoms with Crippen LogP contribution in [0.25, 0.3) is 0 Å². The highest BCUT2D eigenvalue weighted by atomic mass is 32.2. The molecule has 1 rings (SSSR count). The van der Waals surface area contributed by atoms with Gasteiger partial charge in [-0.25, -0.2) is 0 Å². The molecule has 0 saturated carbocycles. The van der Waals surface area contributed by atoms with Gasteiger partial charge < -0.3 is 4.98 Å². The fraction of sp³-hybridized carbons (Fsp3) is 0.250. The topological polar surface area (TPSA) is 15.8 Å². The zero-order valence-electron chi connectivity index (χ0n) is 4.30. The summed E-state index contributed by atoms with van der Waals surface area (Å²) in [4.78, 5) is 2.93. The van der Waals surface area contributed by atoms with Crippen molar-refractivity contribution in [3.8, 4) is 0 Å². The standard InChI is InChI=1S/C4H5NS3/c1-7-3-2-5-4(6)8-3/h2H,1H3,(H,5,6). The van der Waals surface area contributed by atoms with E-state index < -0.39 is 0 Å². The molecule has 0 saturated heterocycles. The van der Waals surface area contributed by atoms with E-state index >= 15 is 0 Å². The lowest BCUT2D eigenvalue weighted by molar-refractivity contribution is 1.36. The highest BCUT2D eigenvalue weighted by Gasteiger charge is 1.87. The summed E-state index contributed by atoms with van der Waals surface area (Å²) in [6.07, 6.45) is 3.96. The van der Waals surface area contributed by atoms with Crippen molar-refractivity contribution < 1.29 is 0 Å². The molecule has 1 nitrogen and oxygen atoms in total. The lowest BCUT2D eigenvalue weighted by Gasteiger charge is -1.77.